The highest BCUT2D eigenvalue weighted by Crippen LogP contribution is 2.28. The lowest BCUT2D eigenvalue weighted by atomic mass is 10.2. The average Bonchev–Trinajstić information content (AvgIpc) is 3.08. The number of hydrogen-bond donors (Lipinski definition) is 1. The van der Waals surface area contributed by atoms with Gasteiger partial charge in [0.2, 0.25) is 4.77 Å². The van der Waals surface area contributed by atoms with E-state index in [0.717, 1.165) is 24.2 Å². The molecule has 3 aromatic rings. The van der Waals surface area contributed by atoms with Crippen molar-refractivity contribution in [3.63, 3.8) is 0 Å². The van der Waals surface area contributed by atoms with Gasteiger partial charge in [-0.05, 0) is 55.9 Å². The van der Waals surface area contributed by atoms with Crippen LogP contribution in [0.1, 0.15) is 19.4 Å². The van der Waals surface area contributed by atoms with E-state index < -0.39 is 0 Å². The minimum absolute atomic E-state index is 0.423. The fraction of sp³-hybridized carbons (Fsp3) is 0.250. The standard InChI is InChI=1S/C20H23N5OS/c1-4-24(5-2)16-12-10-15(11-13-16)14-21-25-19(22-23-20(25)27)17-8-6-7-9-18(17)26-3/h6-14H,4-5H2,1-3H3,(H,23,27)/b21-14+. The molecule has 1 N–H and O–H groups in total. The van der Waals surface area contributed by atoms with Gasteiger partial charge in [-0.25, -0.2) is 5.10 Å². The molecule has 140 valence electrons. The zero-order chi connectivity index (χ0) is 19.2. The number of benzene rings is 2. The van der Waals surface area contributed by atoms with Gasteiger partial charge >= 0.3 is 0 Å². The Morgan fingerprint density at radius 1 is 1.15 bits per heavy atom. The Morgan fingerprint density at radius 3 is 2.52 bits per heavy atom. The van der Waals surface area contributed by atoms with Crippen LogP contribution in [-0.2, 0) is 0 Å². The van der Waals surface area contributed by atoms with Crippen LogP contribution in [0.5, 0.6) is 5.75 Å². The Bertz CT molecular complexity index is 971. The van der Waals surface area contributed by atoms with Crippen LogP contribution in [-0.4, -0.2) is 41.3 Å². The summed E-state index contributed by atoms with van der Waals surface area (Å²) in [7, 11) is 1.63. The number of nitrogens with zero attached hydrogens (tertiary/aromatic N) is 4. The predicted octanol–water partition coefficient (Wildman–Crippen LogP) is 4.34. The monoisotopic (exact) mass is 381 g/mol. The van der Waals surface area contributed by atoms with Crippen LogP contribution in [0, 0.1) is 4.77 Å². The summed E-state index contributed by atoms with van der Waals surface area (Å²) < 4.78 is 7.45. The summed E-state index contributed by atoms with van der Waals surface area (Å²) in [5.41, 5.74) is 3.01. The fourth-order valence-electron chi connectivity index (χ4n) is 2.89. The number of aromatic nitrogens is 3. The lowest BCUT2D eigenvalue weighted by Crippen LogP contribution is -2.21. The van der Waals surface area contributed by atoms with E-state index in [-0.39, 0.29) is 0 Å². The summed E-state index contributed by atoms with van der Waals surface area (Å²) in [6.07, 6.45) is 1.77. The van der Waals surface area contributed by atoms with Crippen LogP contribution in [0.3, 0.4) is 0 Å². The lowest BCUT2D eigenvalue weighted by molar-refractivity contribution is 0.416. The first kappa shape index (κ1) is 18.8. The molecule has 0 atom stereocenters. The van der Waals surface area contributed by atoms with Crippen LogP contribution < -0.4 is 9.64 Å². The highest BCUT2D eigenvalue weighted by molar-refractivity contribution is 7.71. The Balaban J connectivity index is 1.90. The third kappa shape index (κ3) is 4.09. The van der Waals surface area contributed by atoms with Crippen molar-refractivity contribution >= 4 is 24.1 Å². The molecule has 0 amide bonds. The van der Waals surface area contributed by atoms with Crippen molar-refractivity contribution in [3.8, 4) is 17.1 Å². The molecule has 1 aromatic heterocycles. The van der Waals surface area contributed by atoms with E-state index >= 15 is 0 Å². The van der Waals surface area contributed by atoms with Crippen molar-refractivity contribution in [2.45, 2.75) is 13.8 Å². The van der Waals surface area contributed by atoms with Crippen molar-refractivity contribution in [2.75, 3.05) is 25.1 Å². The van der Waals surface area contributed by atoms with Gasteiger partial charge in [-0.15, -0.1) is 0 Å². The molecule has 7 heteroatoms. The molecule has 0 aliphatic heterocycles. The van der Waals surface area contributed by atoms with Gasteiger partial charge in [0.1, 0.15) is 5.75 Å². The molecule has 0 bridgehead atoms. The lowest BCUT2D eigenvalue weighted by Gasteiger charge is -2.20. The number of rotatable bonds is 7. The summed E-state index contributed by atoms with van der Waals surface area (Å²) in [5, 5.41) is 11.6. The van der Waals surface area contributed by atoms with Gasteiger partial charge in [-0.2, -0.15) is 14.9 Å². The third-order valence-electron chi connectivity index (χ3n) is 4.34. The van der Waals surface area contributed by atoms with Crippen molar-refractivity contribution in [1.29, 1.82) is 0 Å². The number of H-pyrrole nitrogens is 1. The van der Waals surface area contributed by atoms with Crippen molar-refractivity contribution < 1.29 is 4.74 Å². The topological polar surface area (TPSA) is 58.4 Å². The Kier molecular flexibility index (Phi) is 6.03. The Labute approximate surface area is 164 Å². The van der Waals surface area contributed by atoms with E-state index in [9.17, 15) is 0 Å². The number of methoxy groups -OCH3 is 1. The molecule has 3 rings (SSSR count). The first-order chi connectivity index (χ1) is 13.2. The van der Waals surface area contributed by atoms with Crippen LogP contribution >= 0.6 is 12.2 Å². The maximum Gasteiger partial charge on any atom is 0.216 e. The Morgan fingerprint density at radius 2 is 1.85 bits per heavy atom. The van der Waals surface area contributed by atoms with E-state index in [0.29, 0.717) is 16.3 Å². The van der Waals surface area contributed by atoms with Crippen LogP contribution in [0.25, 0.3) is 11.4 Å². The first-order valence-electron chi connectivity index (χ1n) is 8.88. The summed E-state index contributed by atoms with van der Waals surface area (Å²) in [6.45, 7) is 6.27. The number of ether oxygens (including phenoxy) is 1. The number of anilines is 1. The molecule has 0 spiro atoms. The van der Waals surface area contributed by atoms with Gasteiger partial charge in [0.05, 0.1) is 18.9 Å². The maximum atomic E-state index is 5.43. The van der Waals surface area contributed by atoms with Crippen LogP contribution in [0.2, 0.25) is 0 Å². The van der Waals surface area contributed by atoms with Crippen molar-refractivity contribution in [3.05, 3.63) is 58.9 Å². The number of nitrogens with one attached hydrogen (secondary N) is 1. The molecule has 0 fully saturated rings. The quantitative estimate of drug-likeness (QED) is 0.488. The minimum Gasteiger partial charge on any atom is -0.496 e. The molecule has 1 heterocycles. The molecule has 2 aromatic carbocycles. The van der Waals surface area contributed by atoms with Crippen molar-refractivity contribution in [1.82, 2.24) is 14.9 Å². The van der Waals surface area contributed by atoms with E-state index in [1.807, 2.05) is 36.4 Å². The SMILES string of the molecule is CCN(CC)c1ccc(/C=N/n2c(-c3ccccc3OC)n[nH]c2=S)cc1. The molecule has 0 unspecified atom stereocenters. The molecular formula is C20H23N5OS. The van der Waals surface area contributed by atoms with Gasteiger partial charge in [-0.1, -0.05) is 24.3 Å². The van der Waals surface area contributed by atoms with Gasteiger partial charge in [-0.3, -0.25) is 0 Å². The van der Waals surface area contributed by atoms with Gasteiger partial charge in [0.25, 0.3) is 0 Å². The van der Waals surface area contributed by atoms with Crippen molar-refractivity contribution in [2.24, 2.45) is 5.10 Å². The third-order valence-corrected chi connectivity index (χ3v) is 4.61. The first-order valence-corrected chi connectivity index (χ1v) is 9.29. The smallest absolute Gasteiger partial charge is 0.216 e. The molecule has 0 aliphatic carbocycles. The number of aromatic amines is 1. The highest BCUT2D eigenvalue weighted by atomic mass is 32.1. The van der Waals surface area contributed by atoms with E-state index in [1.165, 1.54) is 5.69 Å². The molecule has 6 nitrogen and oxygen atoms in total. The van der Waals surface area contributed by atoms with Gasteiger partial charge < -0.3 is 9.64 Å². The number of hydrogen-bond acceptors (Lipinski definition) is 5. The summed E-state index contributed by atoms with van der Waals surface area (Å²) in [4.78, 5) is 2.30. The van der Waals surface area contributed by atoms with E-state index in [4.69, 9.17) is 17.0 Å². The highest BCUT2D eigenvalue weighted by Gasteiger charge is 2.12. The molecule has 0 aliphatic rings. The fourth-order valence-corrected chi connectivity index (χ4v) is 3.07. The zero-order valence-electron chi connectivity index (χ0n) is 15.7. The molecule has 0 saturated heterocycles. The second-order valence-electron chi connectivity index (χ2n) is 5.87. The second-order valence-corrected chi connectivity index (χ2v) is 6.26. The van der Waals surface area contributed by atoms with Crippen LogP contribution in [0.15, 0.2) is 53.6 Å². The Hall–Kier alpha value is -2.93. The van der Waals surface area contributed by atoms with Crippen LogP contribution in [0.4, 0.5) is 5.69 Å². The summed E-state index contributed by atoms with van der Waals surface area (Å²) >= 11 is 5.34. The number of para-hydroxylation sites is 1. The second kappa shape index (κ2) is 8.64. The largest absolute Gasteiger partial charge is 0.496 e. The normalized spacial score (nSPS) is 11.1. The molecular weight excluding hydrogens is 358 g/mol. The van der Waals surface area contributed by atoms with E-state index in [2.05, 4.69) is 46.2 Å². The van der Waals surface area contributed by atoms with Gasteiger partial charge in [0, 0.05) is 18.8 Å². The summed E-state index contributed by atoms with van der Waals surface area (Å²) in [5.74, 6) is 1.32. The zero-order valence-corrected chi connectivity index (χ0v) is 16.5. The maximum absolute atomic E-state index is 5.43. The van der Waals surface area contributed by atoms with E-state index in [1.54, 1.807) is 18.0 Å². The average molecular weight is 382 g/mol. The predicted molar refractivity (Wildman–Crippen MR) is 112 cm³/mol. The molecule has 0 radical (unpaired) electrons. The molecule has 27 heavy (non-hydrogen) atoms. The molecule has 0 saturated carbocycles. The minimum atomic E-state index is 0.423. The van der Waals surface area contributed by atoms with Gasteiger partial charge in [0.15, 0.2) is 5.82 Å². The summed E-state index contributed by atoms with van der Waals surface area (Å²) in [6, 6.07) is 15.9.